The SMILES string of the molecule is C=C(C)C(=O)O.OCC(O)CC(F)(F)C(F)(F)C(F)(F)C(F)(F)C(F)(F)C(F)(F)F. The molecule has 180 valence electrons. The van der Waals surface area contributed by atoms with Crippen molar-refractivity contribution in [1.29, 1.82) is 0 Å². The molecule has 0 aliphatic rings. The quantitative estimate of drug-likeness (QED) is 0.361. The van der Waals surface area contributed by atoms with Crippen molar-refractivity contribution in [3.8, 4) is 0 Å². The number of aliphatic hydroxyl groups excluding tert-OH is 2. The molecule has 4 nitrogen and oxygen atoms in total. The zero-order valence-electron chi connectivity index (χ0n) is 14.4. The fraction of sp³-hybridized carbons (Fsp3) is 0.769. The van der Waals surface area contributed by atoms with Crippen molar-refractivity contribution in [3.05, 3.63) is 12.2 Å². The number of aliphatic hydroxyl groups is 2. The summed E-state index contributed by atoms with van der Waals surface area (Å²) in [7, 11) is 0. The van der Waals surface area contributed by atoms with Crippen LogP contribution in [0, 0.1) is 0 Å². The summed E-state index contributed by atoms with van der Waals surface area (Å²) >= 11 is 0. The van der Waals surface area contributed by atoms with Crippen LogP contribution in [-0.2, 0) is 4.79 Å². The molecule has 0 aliphatic carbocycles. The van der Waals surface area contributed by atoms with Gasteiger partial charge in [-0.25, -0.2) is 4.79 Å². The van der Waals surface area contributed by atoms with E-state index >= 15 is 0 Å². The fourth-order valence-corrected chi connectivity index (χ4v) is 1.29. The Hall–Kier alpha value is -1.78. The molecule has 30 heavy (non-hydrogen) atoms. The van der Waals surface area contributed by atoms with E-state index in [2.05, 4.69) is 6.58 Å². The van der Waals surface area contributed by atoms with E-state index < -0.39 is 60.9 Å². The number of carbonyl (C=O) groups is 1. The minimum absolute atomic E-state index is 0.176. The molecule has 0 amide bonds. The van der Waals surface area contributed by atoms with Crippen LogP contribution in [0.2, 0.25) is 0 Å². The van der Waals surface area contributed by atoms with Crippen LogP contribution in [0.15, 0.2) is 12.2 Å². The van der Waals surface area contributed by atoms with Gasteiger partial charge >= 0.3 is 41.8 Å². The maximum absolute atomic E-state index is 13.0. The summed E-state index contributed by atoms with van der Waals surface area (Å²) in [6, 6.07) is 0. The van der Waals surface area contributed by atoms with Crippen LogP contribution in [0.5, 0.6) is 0 Å². The second-order valence-corrected chi connectivity index (χ2v) is 5.63. The van der Waals surface area contributed by atoms with Gasteiger partial charge in [0.15, 0.2) is 0 Å². The van der Waals surface area contributed by atoms with Crippen LogP contribution < -0.4 is 0 Å². The fourth-order valence-electron chi connectivity index (χ4n) is 1.29. The van der Waals surface area contributed by atoms with Crippen LogP contribution in [-0.4, -0.2) is 69.8 Å². The highest BCUT2D eigenvalue weighted by molar-refractivity contribution is 5.84. The Morgan fingerprint density at radius 1 is 0.800 bits per heavy atom. The van der Waals surface area contributed by atoms with E-state index in [1.807, 2.05) is 0 Å². The van der Waals surface area contributed by atoms with Gasteiger partial charge in [0, 0.05) is 12.0 Å². The van der Waals surface area contributed by atoms with Gasteiger partial charge in [-0.1, -0.05) is 6.58 Å². The topological polar surface area (TPSA) is 77.8 Å². The van der Waals surface area contributed by atoms with Gasteiger partial charge in [-0.15, -0.1) is 0 Å². The van der Waals surface area contributed by atoms with E-state index in [-0.39, 0.29) is 5.57 Å². The molecule has 0 aromatic carbocycles. The third-order valence-electron chi connectivity index (χ3n) is 3.07. The third kappa shape index (κ3) is 5.67. The Balaban J connectivity index is 0. The smallest absolute Gasteiger partial charge is 0.460 e. The highest BCUT2D eigenvalue weighted by Gasteiger charge is 2.90. The maximum Gasteiger partial charge on any atom is 0.460 e. The van der Waals surface area contributed by atoms with Gasteiger partial charge in [-0.05, 0) is 6.92 Å². The van der Waals surface area contributed by atoms with E-state index in [1.165, 1.54) is 6.92 Å². The molecule has 0 saturated heterocycles. The van der Waals surface area contributed by atoms with Crippen LogP contribution in [0.25, 0.3) is 0 Å². The number of rotatable bonds is 8. The van der Waals surface area contributed by atoms with E-state index in [0.29, 0.717) is 0 Å². The molecular weight excluding hydrogens is 467 g/mol. The number of halogens is 13. The summed E-state index contributed by atoms with van der Waals surface area (Å²) in [5, 5.41) is 24.5. The van der Waals surface area contributed by atoms with Gasteiger partial charge in [0.2, 0.25) is 0 Å². The summed E-state index contributed by atoms with van der Waals surface area (Å²) in [4.78, 5) is 9.60. The standard InChI is InChI=1S/C9H7F13O2.C4H6O2/c10-4(11,1-3(24)2-23)5(12,13)6(14,15)7(16,17)8(18,19)9(20,21)22;1-3(2)4(5)6/h3,23-24H,1-2H2;1H2,2H3,(H,5,6). The summed E-state index contributed by atoms with van der Waals surface area (Å²) < 4.78 is 164. The molecule has 0 aliphatic heterocycles. The molecule has 1 atom stereocenters. The minimum atomic E-state index is -7.96. The molecule has 0 heterocycles. The first-order valence-corrected chi connectivity index (χ1v) is 6.98. The predicted octanol–water partition coefficient (Wildman–Crippen LogP) is 4.12. The lowest BCUT2D eigenvalue weighted by Gasteiger charge is -2.40. The van der Waals surface area contributed by atoms with Crippen molar-refractivity contribution in [2.45, 2.75) is 55.2 Å². The van der Waals surface area contributed by atoms with Crippen molar-refractivity contribution in [3.63, 3.8) is 0 Å². The van der Waals surface area contributed by atoms with E-state index in [9.17, 15) is 61.9 Å². The molecule has 1 unspecified atom stereocenters. The zero-order chi connectivity index (χ0) is 25.1. The second-order valence-electron chi connectivity index (χ2n) is 5.63. The van der Waals surface area contributed by atoms with Crippen LogP contribution >= 0.6 is 0 Å². The monoisotopic (exact) mass is 480 g/mol. The Morgan fingerprint density at radius 2 is 1.10 bits per heavy atom. The Bertz CT molecular complexity index is 601. The van der Waals surface area contributed by atoms with Crippen LogP contribution in [0.1, 0.15) is 13.3 Å². The highest BCUT2D eigenvalue weighted by atomic mass is 19.4. The Morgan fingerprint density at radius 3 is 1.33 bits per heavy atom. The predicted molar refractivity (Wildman–Crippen MR) is 70.9 cm³/mol. The molecule has 0 aromatic heterocycles. The van der Waals surface area contributed by atoms with Gasteiger partial charge in [0.25, 0.3) is 0 Å². The van der Waals surface area contributed by atoms with Gasteiger partial charge in [0.1, 0.15) is 0 Å². The molecule has 0 aromatic rings. The lowest BCUT2D eigenvalue weighted by Crippen LogP contribution is -2.70. The first kappa shape index (κ1) is 30.4. The summed E-state index contributed by atoms with van der Waals surface area (Å²) in [5.41, 5.74) is 0.176. The van der Waals surface area contributed by atoms with E-state index in [1.54, 1.807) is 0 Å². The minimum Gasteiger partial charge on any atom is -0.478 e. The normalized spacial score (nSPS) is 15.2. The largest absolute Gasteiger partial charge is 0.478 e. The molecule has 0 radical (unpaired) electrons. The molecule has 3 N–H and O–H groups in total. The lowest BCUT2D eigenvalue weighted by molar-refractivity contribution is -0.440. The van der Waals surface area contributed by atoms with Crippen molar-refractivity contribution in [2.24, 2.45) is 0 Å². The van der Waals surface area contributed by atoms with Crippen molar-refractivity contribution in [1.82, 2.24) is 0 Å². The number of hydrogen-bond donors (Lipinski definition) is 3. The molecule has 0 bridgehead atoms. The maximum atomic E-state index is 13.0. The number of hydrogen-bond acceptors (Lipinski definition) is 3. The number of carboxylic acids is 1. The van der Waals surface area contributed by atoms with Gasteiger partial charge in [-0.2, -0.15) is 57.1 Å². The number of aliphatic carboxylic acids is 1. The second kappa shape index (κ2) is 9.15. The molecule has 0 rings (SSSR count). The molecule has 17 heteroatoms. The molecule has 0 fully saturated rings. The molecule has 0 spiro atoms. The number of alkyl halides is 13. The van der Waals surface area contributed by atoms with Gasteiger partial charge in [0.05, 0.1) is 12.7 Å². The van der Waals surface area contributed by atoms with Gasteiger partial charge in [-0.3, -0.25) is 0 Å². The van der Waals surface area contributed by atoms with Crippen LogP contribution in [0.3, 0.4) is 0 Å². The van der Waals surface area contributed by atoms with E-state index in [4.69, 9.17) is 15.3 Å². The summed E-state index contributed by atoms with van der Waals surface area (Å²) in [6.07, 6.45) is -13.2. The highest BCUT2D eigenvalue weighted by Crippen LogP contribution is 2.60. The molecular formula is C13H13F13O4. The first-order chi connectivity index (χ1) is 12.8. The average Bonchev–Trinajstić information content (AvgIpc) is 2.52. The van der Waals surface area contributed by atoms with Gasteiger partial charge < -0.3 is 15.3 Å². The van der Waals surface area contributed by atoms with Crippen LogP contribution in [0.4, 0.5) is 57.1 Å². The zero-order valence-corrected chi connectivity index (χ0v) is 14.4. The average molecular weight is 480 g/mol. The molecule has 0 saturated carbocycles. The lowest BCUT2D eigenvalue weighted by atomic mass is 9.91. The first-order valence-electron chi connectivity index (χ1n) is 6.98. The summed E-state index contributed by atoms with van der Waals surface area (Å²) in [5.74, 6) is -38.4. The number of carboxylic acid groups (broad SMARTS) is 1. The summed E-state index contributed by atoms with van der Waals surface area (Å²) in [6.45, 7) is 2.86. The Kier molecular flexibility index (Phi) is 9.28. The third-order valence-corrected chi connectivity index (χ3v) is 3.07. The van der Waals surface area contributed by atoms with Crippen molar-refractivity contribution >= 4 is 5.97 Å². The van der Waals surface area contributed by atoms with E-state index in [0.717, 1.165) is 0 Å². The Labute approximate surface area is 158 Å². The van der Waals surface area contributed by atoms with Crippen molar-refractivity contribution in [2.75, 3.05) is 6.61 Å². The van der Waals surface area contributed by atoms with Crippen molar-refractivity contribution < 1.29 is 77.2 Å².